The van der Waals surface area contributed by atoms with Crippen molar-refractivity contribution in [1.82, 2.24) is 5.32 Å². The zero-order chi connectivity index (χ0) is 13.7. The zero-order valence-electron chi connectivity index (χ0n) is 13.2. The van der Waals surface area contributed by atoms with Gasteiger partial charge in [-0.15, -0.1) is 0 Å². The van der Waals surface area contributed by atoms with Crippen molar-refractivity contribution in [2.45, 2.75) is 84.0 Å². The van der Waals surface area contributed by atoms with Crippen LogP contribution in [0.2, 0.25) is 0 Å². The van der Waals surface area contributed by atoms with Crippen molar-refractivity contribution in [3.8, 4) is 0 Å². The fourth-order valence-electron chi connectivity index (χ4n) is 4.58. The first-order valence-electron chi connectivity index (χ1n) is 8.30. The minimum absolute atomic E-state index is 0.160. The van der Waals surface area contributed by atoms with Gasteiger partial charge in [0, 0.05) is 12.6 Å². The summed E-state index contributed by atoms with van der Waals surface area (Å²) >= 11 is 0. The van der Waals surface area contributed by atoms with E-state index in [-0.39, 0.29) is 5.60 Å². The summed E-state index contributed by atoms with van der Waals surface area (Å²) in [6, 6.07) is 0.608. The van der Waals surface area contributed by atoms with Crippen LogP contribution in [0.3, 0.4) is 0 Å². The minimum Gasteiger partial charge on any atom is -0.369 e. The molecule has 4 unspecified atom stereocenters. The number of morpholine rings is 1. The second-order valence-electron chi connectivity index (χ2n) is 8.46. The average Bonchev–Trinajstić information content (AvgIpc) is 2.33. The Morgan fingerprint density at radius 2 is 1.68 bits per heavy atom. The smallest absolute Gasteiger partial charge is 0.0811 e. The summed E-state index contributed by atoms with van der Waals surface area (Å²) < 4.78 is 6.69. The molecule has 2 aliphatic carbocycles. The number of ether oxygens (including phenoxy) is 1. The van der Waals surface area contributed by atoms with Gasteiger partial charge in [0.25, 0.3) is 0 Å². The maximum atomic E-state index is 6.69. The third-order valence-electron chi connectivity index (χ3n) is 6.00. The molecule has 1 N–H and O–H groups in total. The van der Waals surface area contributed by atoms with Gasteiger partial charge >= 0.3 is 0 Å². The molecule has 2 nitrogen and oxygen atoms in total. The van der Waals surface area contributed by atoms with Crippen LogP contribution < -0.4 is 5.32 Å². The van der Waals surface area contributed by atoms with Gasteiger partial charge in [0.15, 0.2) is 0 Å². The van der Waals surface area contributed by atoms with E-state index in [0.29, 0.717) is 17.6 Å². The van der Waals surface area contributed by atoms with Crippen LogP contribution in [-0.2, 0) is 4.74 Å². The summed E-state index contributed by atoms with van der Waals surface area (Å²) in [4.78, 5) is 0. The van der Waals surface area contributed by atoms with E-state index in [9.17, 15) is 0 Å². The Bertz CT molecular complexity index is 328. The Morgan fingerprint density at radius 1 is 1.00 bits per heavy atom. The maximum absolute atomic E-state index is 6.69. The third kappa shape index (κ3) is 2.71. The van der Waals surface area contributed by atoms with Gasteiger partial charge in [-0.2, -0.15) is 0 Å². The van der Waals surface area contributed by atoms with Crippen LogP contribution in [-0.4, -0.2) is 24.3 Å². The molecule has 2 heteroatoms. The Balaban J connectivity index is 1.68. The van der Waals surface area contributed by atoms with Gasteiger partial charge < -0.3 is 10.1 Å². The van der Waals surface area contributed by atoms with Crippen molar-refractivity contribution < 1.29 is 4.74 Å². The van der Waals surface area contributed by atoms with Crippen molar-refractivity contribution in [3.63, 3.8) is 0 Å². The average molecular weight is 265 g/mol. The molecular formula is C17H31NO. The molecule has 3 rings (SSSR count). The number of hydrogen-bond acceptors (Lipinski definition) is 2. The van der Waals surface area contributed by atoms with E-state index in [1.165, 1.54) is 38.5 Å². The monoisotopic (exact) mass is 265 g/mol. The topological polar surface area (TPSA) is 21.3 Å². The first kappa shape index (κ1) is 13.9. The van der Waals surface area contributed by atoms with Crippen molar-refractivity contribution in [2.75, 3.05) is 6.54 Å². The first-order chi connectivity index (χ1) is 8.89. The number of hydrogen-bond donors (Lipinski definition) is 1. The highest BCUT2D eigenvalue weighted by atomic mass is 16.5. The minimum atomic E-state index is 0.160. The molecule has 0 aromatic rings. The second-order valence-corrected chi connectivity index (χ2v) is 8.46. The molecule has 0 aromatic carbocycles. The molecule has 2 saturated carbocycles. The number of nitrogens with one attached hydrogen (secondary N) is 1. The molecule has 3 aliphatic rings. The lowest BCUT2D eigenvalue weighted by molar-refractivity contribution is -0.181. The lowest BCUT2D eigenvalue weighted by atomic mass is 9.69. The standard InChI is InChI=1S/C17H31NO/c1-12-9-13(2)15-14(10-12)19-17(11-18-15)7-5-16(3,4)6-8-17/h12-15,18H,5-11H2,1-4H3. The Morgan fingerprint density at radius 3 is 2.37 bits per heavy atom. The Labute approximate surface area is 118 Å². The van der Waals surface area contributed by atoms with Crippen LogP contribution >= 0.6 is 0 Å². The van der Waals surface area contributed by atoms with Crippen LogP contribution in [0.25, 0.3) is 0 Å². The number of rotatable bonds is 0. The van der Waals surface area contributed by atoms with Gasteiger partial charge in [-0.3, -0.25) is 0 Å². The molecule has 3 fully saturated rings. The van der Waals surface area contributed by atoms with Crippen LogP contribution in [0.15, 0.2) is 0 Å². The molecule has 19 heavy (non-hydrogen) atoms. The molecular weight excluding hydrogens is 234 g/mol. The summed E-state index contributed by atoms with van der Waals surface area (Å²) in [6.45, 7) is 10.7. The molecule has 0 radical (unpaired) electrons. The SMILES string of the molecule is CC1CC(C)C2NCC3(CCC(C)(C)CC3)OC2C1. The van der Waals surface area contributed by atoms with E-state index in [1.54, 1.807) is 0 Å². The maximum Gasteiger partial charge on any atom is 0.0811 e. The summed E-state index contributed by atoms with van der Waals surface area (Å²) in [7, 11) is 0. The van der Waals surface area contributed by atoms with Crippen LogP contribution in [0.5, 0.6) is 0 Å². The van der Waals surface area contributed by atoms with E-state index >= 15 is 0 Å². The van der Waals surface area contributed by atoms with Crippen molar-refractivity contribution >= 4 is 0 Å². The Kier molecular flexibility index (Phi) is 3.46. The summed E-state index contributed by atoms with van der Waals surface area (Å²) in [6.07, 6.45) is 8.21. The van der Waals surface area contributed by atoms with E-state index in [4.69, 9.17) is 4.74 Å². The van der Waals surface area contributed by atoms with Crippen molar-refractivity contribution in [2.24, 2.45) is 17.3 Å². The summed E-state index contributed by atoms with van der Waals surface area (Å²) in [5.74, 6) is 1.60. The normalized spacial score (nSPS) is 44.8. The fraction of sp³-hybridized carbons (Fsp3) is 1.00. The van der Waals surface area contributed by atoms with Gasteiger partial charge in [-0.05, 0) is 55.8 Å². The van der Waals surface area contributed by atoms with Crippen LogP contribution in [0, 0.1) is 17.3 Å². The molecule has 4 atom stereocenters. The zero-order valence-corrected chi connectivity index (χ0v) is 13.2. The molecule has 1 spiro atoms. The van der Waals surface area contributed by atoms with E-state index in [0.717, 1.165) is 18.4 Å². The van der Waals surface area contributed by atoms with Crippen LogP contribution in [0.1, 0.15) is 66.2 Å². The lowest BCUT2D eigenvalue weighted by Gasteiger charge is -2.53. The first-order valence-corrected chi connectivity index (χ1v) is 8.30. The largest absolute Gasteiger partial charge is 0.369 e. The predicted octanol–water partition coefficient (Wildman–Crippen LogP) is 3.75. The molecule has 1 aliphatic heterocycles. The van der Waals surface area contributed by atoms with Gasteiger partial charge in [-0.1, -0.05) is 27.7 Å². The van der Waals surface area contributed by atoms with Crippen LogP contribution in [0.4, 0.5) is 0 Å². The van der Waals surface area contributed by atoms with E-state index < -0.39 is 0 Å². The van der Waals surface area contributed by atoms with E-state index in [1.807, 2.05) is 0 Å². The van der Waals surface area contributed by atoms with Gasteiger partial charge in [-0.25, -0.2) is 0 Å². The highest BCUT2D eigenvalue weighted by Gasteiger charge is 2.47. The molecule has 0 aromatic heterocycles. The highest BCUT2D eigenvalue weighted by Crippen LogP contribution is 2.45. The highest BCUT2D eigenvalue weighted by molar-refractivity contribution is 5.01. The summed E-state index contributed by atoms with van der Waals surface area (Å²) in [5.41, 5.74) is 0.687. The third-order valence-corrected chi connectivity index (χ3v) is 6.00. The lowest BCUT2D eigenvalue weighted by Crippen LogP contribution is -2.63. The fourth-order valence-corrected chi connectivity index (χ4v) is 4.58. The molecule has 1 heterocycles. The Hall–Kier alpha value is -0.0800. The van der Waals surface area contributed by atoms with Gasteiger partial charge in [0.2, 0.25) is 0 Å². The quantitative estimate of drug-likeness (QED) is 0.720. The summed E-state index contributed by atoms with van der Waals surface area (Å²) in [5, 5.41) is 3.85. The second kappa shape index (κ2) is 4.73. The molecule has 0 amide bonds. The molecule has 1 saturated heterocycles. The molecule has 110 valence electrons. The van der Waals surface area contributed by atoms with Gasteiger partial charge in [0.05, 0.1) is 11.7 Å². The van der Waals surface area contributed by atoms with Crippen molar-refractivity contribution in [3.05, 3.63) is 0 Å². The van der Waals surface area contributed by atoms with Gasteiger partial charge in [0.1, 0.15) is 0 Å². The predicted molar refractivity (Wildman–Crippen MR) is 79.2 cm³/mol. The van der Waals surface area contributed by atoms with E-state index in [2.05, 4.69) is 33.0 Å². The molecule has 0 bridgehead atoms. The number of fused-ring (bicyclic) bond motifs is 1. The van der Waals surface area contributed by atoms with Crippen molar-refractivity contribution in [1.29, 1.82) is 0 Å².